The number of hydrogen-bond donors (Lipinski definition) is 0. The Labute approximate surface area is 88.9 Å². The predicted octanol–water partition coefficient (Wildman–Crippen LogP) is 2.18. The van der Waals surface area contributed by atoms with Crippen LogP contribution in [0.5, 0.6) is 0 Å². The summed E-state index contributed by atoms with van der Waals surface area (Å²) in [6.45, 7) is 1.00. The van der Waals surface area contributed by atoms with Crippen LogP contribution in [0.3, 0.4) is 0 Å². The van der Waals surface area contributed by atoms with Crippen molar-refractivity contribution < 1.29 is 4.39 Å². The largest absolute Gasteiger partial charge is 0.321 e. The number of fused-ring (bicyclic) bond motifs is 1. The Morgan fingerprint density at radius 2 is 2.07 bits per heavy atom. The normalized spacial score (nSPS) is 11.5. The van der Waals surface area contributed by atoms with Crippen molar-refractivity contribution in [2.75, 3.05) is 20.6 Å². The van der Waals surface area contributed by atoms with E-state index < -0.39 is 0 Å². The molecule has 0 amide bonds. The van der Waals surface area contributed by atoms with E-state index in [-0.39, 0.29) is 5.82 Å². The smallest absolute Gasteiger partial charge is 0.126 e. The van der Waals surface area contributed by atoms with Crippen LogP contribution in [-0.2, 0) is 6.42 Å². The second-order valence-corrected chi connectivity index (χ2v) is 4.02. The maximum atomic E-state index is 12.9. The summed E-state index contributed by atoms with van der Waals surface area (Å²) in [6.07, 6.45) is 2.77. The van der Waals surface area contributed by atoms with Crippen molar-refractivity contribution in [1.82, 2.24) is 9.30 Å². The maximum absolute atomic E-state index is 12.9. The van der Waals surface area contributed by atoms with Gasteiger partial charge in [-0.1, -0.05) is 0 Å². The quantitative estimate of drug-likeness (QED) is 0.747. The van der Waals surface area contributed by atoms with E-state index in [1.807, 2.05) is 10.5 Å². The monoisotopic (exact) mass is 206 g/mol. The van der Waals surface area contributed by atoms with E-state index >= 15 is 0 Å². The van der Waals surface area contributed by atoms with Gasteiger partial charge < -0.3 is 9.30 Å². The van der Waals surface area contributed by atoms with E-state index in [1.165, 1.54) is 11.8 Å². The summed E-state index contributed by atoms with van der Waals surface area (Å²) in [5, 5.41) is 0. The van der Waals surface area contributed by atoms with Gasteiger partial charge in [0.05, 0.1) is 0 Å². The summed E-state index contributed by atoms with van der Waals surface area (Å²) in [5.74, 6) is -0.181. The average Bonchev–Trinajstić information content (AvgIpc) is 2.57. The van der Waals surface area contributed by atoms with E-state index in [2.05, 4.69) is 25.1 Å². The summed E-state index contributed by atoms with van der Waals surface area (Å²) in [6, 6.07) is 7.05. The van der Waals surface area contributed by atoms with Crippen LogP contribution in [0.25, 0.3) is 5.52 Å². The molecule has 80 valence electrons. The highest BCUT2D eigenvalue weighted by Crippen LogP contribution is 2.12. The van der Waals surface area contributed by atoms with E-state index in [1.54, 1.807) is 12.3 Å². The lowest BCUT2D eigenvalue weighted by atomic mass is 10.3. The lowest BCUT2D eigenvalue weighted by Crippen LogP contribution is -2.15. The number of hydrogen-bond acceptors (Lipinski definition) is 1. The molecular weight excluding hydrogens is 191 g/mol. The second kappa shape index (κ2) is 4.03. The van der Waals surface area contributed by atoms with E-state index in [9.17, 15) is 4.39 Å². The summed E-state index contributed by atoms with van der Waals surface area (Å²) < 4.78 is 15.0. The molecule has 0 unspecified atom stereocenters. The van der Waals surface area contributed by atoms with Gasteiger partial charge in [-0.05, 0) is 38.4 Å². The Kier molecular flexibility index (Phi) is 2.73. The third kappa shape index (κ3) is 2.18. The van der Waals surface area contributed by atoms with Crippen LogP contribution in [-0.4, -0.2) is 29.9 Å². The van der Waals surface area contributed by atoms with Gasteiger partial charge in [0.2, 0.25) is 0 Å². The molecule has 0 saturated heterocycles. The molecule has 2 aromatic heterocycles. The van der Waals surface area contributed by atoms with Crippen molar-refractivity contribution in [1.29, 1.82) is 0 Å². The van der Waals surface area contributed by atoms with Gasteiger partial charge >= 0.3 is 0 Å². The first kappa shape index (κ1) is 10.2. The van der Waals surface area contributed by atoms with Gasteiger partial charge in [0.15, 0.2) is 0 Å². The van der Waals surface area contributed by atoms with Crippen molar-refractivity contribution in [3.05, 3.63) is 42.0 Å². The summed E-state index contributed by atoms with van der Waals surface area (Å²) >= 11 is 0. The van der Waals surface area contributed by atoms with Crippen LogP contribution < -0.4 is 0 Å². The topological polar surface area (TPSA) is 7.65 Å². The van der Waals surface area contributed by atoms with Crippen molar-refractivity contribution >= 4 is 5.52 Å². The molecule has 2 nitrogen and oxygen atoms in total. The number of likely N-dealkylation sites (N-methyl/N-ethyl adjacent to an activating group) is 1. The molecule has 2 rings (SSSR count). The van der Waals surface area contributed by atoms with Crippen LogP contribution in [0, 0.1) is 5.82 Å². The van der Waals surface area contributed by atoms with Crippen LogP contribution in [0.4, 0.5) is 4.39 Å². The van der Waals surface area contributed by atoms with Crippen LogP contribution in [0.1, 0.15) is 5.69 Å². The van der Waals surface area contributed by atoms with Crippen molar-refractivity contribution in [2.24, 2.45) is 0 Å². The minimum Gasteiger partial charge on any atom is -0.321 e. The molecule has 0 aliphatic carbocycles. The van der Waals surface area contributed by atoms with E-state index in [0.717, 1.165) is 18.5 Å². The highest BCUT2D eigenvalue weighted by atomic mass is 19.1. The summed E-state index contributed by atoms with van der Waals surface area (Å²) in [4.78, 5) is 2.14. The summed E-state index contributed by atoms with van der Waals surface area (Å²) in [5.41, 5.74) is 2.14. The Bertz CT molecular complexity index is 460. The fourth-order valence-corrected chi connectivity index (χ4v) is 1.68. The maximum Gasteiger partial charge on any atom is 0.126 e. The highest BCUT2D eigenvalue weighted by Gasteiger charge is 2.02. The van der Waals surface area contributed by atoms with Crippen LogP contribution >= 0.6 is 0 Å². The molecule has 0 aliphatic rings. The van der Waals surface area contributed by atoms with Gasteiger partial charge in [0.1, 0.15) is 5.82 Å². The fourth-order valence-electron chi connectivity index (χ4n) is 1.68. The minimum absolute atomic E-state index is 0.181. The Balaban J connectivity index is 2.29. The number of pyridine rings is 1. The van der Waals surface area contributed by atoms with Gasteiger partial charge in [-0.25, -0.2) is 4.39 Å². The zero-order valence-electron chi connectivity index (χ0n) is 9.07. The molecule has 0 fully saturated rings. The Morgan fingerprint density at radius 3 is 2.80 bits per heavy atom. The van der Waals surface area contributed by atoms with Crippen molar-refractivity contribution in [3.63, 3.8) is 0 Å². The molecule has 0 aliphatic heterocycles. The Morgan fingerprint density at radius 1 is 1.27 bits per heavy atom. The highest BCUT2D eigenvalue weighted by molar-refractivity contribution is 5.49. The third-order valence-electron chi connectivity index (χ3n) is 2.52. The molecule has 0 saturated carbocycles. The first-order valence-corrected chi connectivity index (χ1v) is 5.07. The van der Waals surface area contributed by atoms with E-state index in [0.29, 0.717) is 0 Å². The predicted molar refractivity (Wildman–Crippen MR) is 59.6 cm³/mol. The standard InChI is InChI=1S/C12H15FN2/c1-14(2)7-6-11-3-4-12-9-10(13)5-8-15(11)12/h3-5,8-9H,6-7H2,1-2H3. The molecule has 0 N–H and O–H groups in total. The molecule has 3 heteroatoms. The molecule has 2 heterocycles. The number of rotatable bonds is 3. The minimum atomic E-state index is -0.181. The van der Waals surface area contributed by atoms with Crippen molar-refractivity contribution in [2.45, 2.75) is 6.42 Å². The zero-order valence-corrected chi connectivity index (χ0v) is 9.07. The number of halogens is 1. The zero-order chi connectivity index (χ0) is 10.8. The molecule has 2 aromatic rings. The average molecular weight is 206 g/mol. The van der Waals surface area contributed by atoms with Crippen LogP contribution in [0.2, 0.25) is 0 Å². The summed E-state index contributed by atoms with van der Waals surface area (Å²) in [7, 11) is 4.10. The SMILES string of the molecule is CN(C)CCc1ccc2cc(F)ccn12. The molecule has 15 heavy (non-hydrogen) atoms. The molecule has 0 aromatic carbocycles. The number of aromatic nitrogens is 1. The fraction of sp³-hybridized carbons (Fsp3) is 0.333. The molecule has 0 spiro atoms. The molecule has 0 atom stereocenters. The van der Waals surface area contributed by atoms with Gasteiger partial charge in [0, 0.05) is 30.4 Å². The van der Waals surface area contributed by atoms with E-state index in [4.69, 9.17) is 0 Å². The van der Waals surface area contributed by atoms with Crippen LogP contribution in [0.15, 0.2) is 30.5 Å². The first-order chi connectivity index (χ1) is 7.16. The lowest BCUT2D eigenvalue weighted by molar-refractivity contribution is 0.411. The first-order valence-electron chi connectivity index (χ1n) is 5.07. The Hall–Kier alpha value is -1.35. The van der Waals surface area contributed by atoms with Gasteiger partial charge in [-0.3, -0.25) is 0 Å². The van der Waals surface area contributed by atoms with Gasteiger partial charge in [0.25, 0.3) is 0 Å². The van der Waals surface area contributed by atoms with Gasteiger partial charge in [-0.2, -0.15) is 0 Å². The lowest BCUT2D eigenvalue weighted by Gasteiger charge is -2.09. The third-order valence-corrected chi connectivity index (χ3v) is 2.52. The second-order valence-electron chi connectivity index (χ2n) is 4.02. The van der Waals surface area contributed by atoms with Crippen molar-refractivity contribution in [3.8, 4) is 0 Å². The van der Waals surface area contributed by atoms with Gasteiger partial charge in [-0.15, -0.1) is 0 Å². The molecule has 0 bridgehead atoms. The molecular formula is C12H15FN2. The number of nitrogens with zero attached hydrogens (tertiary/aromatic N) is 2. The molecule has 0 radical (unpaired) electrons.